The molecule has 0 aromatic heterocycles. The molecule has 0 heterocycles. The number of aliphatic hydroxyl groups excluding tert-OH is 1. The Balaban J connectivity index is 2.79. The molecule has 3 heteroatoms. The lowest BCUT2D eigenvalue weighted by atomic mass is 10.1. The molecule has 0 saturated heterocycles. The number of rotatable bonds is 4. The van der Waals surface area contributed by atoms with Gasteiger partial charge in [-0.1, -0.05) is 29.8 Å². The van der Waals surface area contributed by atoms with Gasteiger partial charge in [-0.15, -0.1) is 11.6 Å². The van der Waals surface area contributed by atoms with Gasteiger partial charge in [0.2, 0.25) is 0 Å². The first-order chi connectivity index (χ1) is 6.77. The summed E-state index contributed by atoms with van der Waals surface area (Å²) in [5.41, 5.74) is 1.98. The topological polar surface area (TPSA) is 20.2 Å². The third-order valence-corrected chi connectivity index (χ3v) is 2.48. The molecule has 76 valence electrons. The van der Waals surface area contributed by atoms with E-state index in [9.17, 15) is 0 Å². The van der Waals surface area contributed by atoms with Crippen LogP contribution in [-0.4, -0.2) is 11.7 Å². The van der Waals surface area contributed by atoms with Crippen LogP contribution in [0.25, 0.3) is 6.08 Å². The Hall–Kier alpha value is -0.500. The van der Waals surface area contributed by atoms with E-state index in [4.69, 9.17) is 28.3 Å². The van der Waals surface area contributed by atoms with Gasteiger partial charge in [0.15, 0.2) is 0 Å². The lowest BCUT2D eigenvalue weighted by Gasteiger charge is -2.01. The summed E-state index contributed by atoms with van der Waals surface area (Å²) in [6, 6.07) is 5.70. The fourth-order valence-electron chi connectivity index (χ4n) is 1.09. The van der Waals surface area contributed by atoms with Gasteiger partial charge in [-0.3, -0.25) is 0 Å². The number of benzene rings is 1. The van der Waals surface area contributed by atoms with E-state index in [1.54, 1.807) is 0 Å². The van der Waals surface area contributed by atoms with Gasteiger partial charge >= 0.3 is 0 Å². The third kappa shape index (κ3) is 3.33. The molecule has 0 radical (unpaired) electrons. The summed E-state index contributed by atoms with van der Waals surface area (Å²) in [4.78, 5) is 0. The molecule has 1 nitrogen and oxygen atoms in total. The molecule has 0 saturated carbocycles. The van der Waals surface area contributed by atoms with Gasteiger partial charge in [-0.25, -0.2) is 0 Å². The van der Waals surface area contributed by atoms with Crippen LogP contribution in [0.3, 0.4) is 0 Å². The predicted octanol–water partition coefficient (Wildman–Crippen LogP) is 3.47. The molecule has 1 aromatic rings. The number of halogens is 2. The Morgan fingerprint density at radius 2 is 2.14 bits per heavy atom. The minimum atomic E-state index is 0.173. The predicted molar refractivity (Wildman–Crippen MR) is 61.7 cm³/mol. The van der Waals surface area contributed by atoms with Crippen LogP contribution in [0, 0.1) is 0 Å². The Morgan fingerprint density at radius 3 is 2.79 bits per heavy atom. The number of alkyl halides is 1. The van der Waals surface area contributed by atoms with E-state index >= 15 is 0 Å². The summed E-state index contributed by atoms with van der Waals surface area (Å²) in [5, 5.41) is 9.29. The summed E-state index contributed by atoms with van der Waals surface area (Å²) < 4.78 is 0. The molecular weight excluding hydrogens is 219 g/mol. The van der Waals surface area contributed by atoms with Gasteiger partial charge in [-0.05, 0) is 29.7 Å². The van der Waals surface area contributed by atoms with E-state index in [-0.39, 0.29) is 6.61 Å². The van der Waals surface area contributed by atoms with Crippen LogP contribution in [0.4, 0.5) is 0 Å². The number of hydrogen-bond donors (Lipinski definition) is 1. The molecule has 0 unspecified atom stereocenters. The van der Waals surface area contributed by atoms with E-state index in [1.807, 2.05) is 30.4 Å². The van der Waals surface area contributed by atoms with Gasteiger partial charge in [0.05, 0.1) is 0 Å². The Kier molecular flexibility index (Phi) is 5.02. The van der Waals surface area contributed by atoms with Crippen LogP contribution < -0.4 is 0 Å². The molecule has 0 aliphatic carbocycles. The molecule has 0 spiro atoms. The van der Waals surface area contributed by atoms with E-state index in [1.165, 1.54) is 0 Å². The second-order valence-corrected chi connectivity index (χ2v) is 3.57. The number of aliphatic hydroxyl groups is 1. The minimum Gasteiger partial charge on any atom is -0.396 e. The van der Waals surface area contributed by atoms with Crippen molar-refractivity contribution in [2.45, 2.75) is 12.3 Å². The van der Waals surface area contributed by atoms with Crippen molar-refractivity contribution in [3.63, 3.8) is 0 Å². The summed E-state index contributed by atoms with van der Waals surface area (Å²) in [6.45, 7) is 0.173. The fourth-order valence-corrected chi connectivity index (χ4v) is 1.57. The van der Waals surface area contributed by atoms with Gasteiger partial charge in [0.1, 0.15) is 0 Å². The molecule has 14 heavy (non-hydrogen) atoms. The van der Waals surface area contributed by atoms with Gasteiger partial charge in [0.25, 0.3) is 0 Å². The molecule has 0 atom stereocenters. The maximum Gasteiger partial charge on any atom is 0.0489 e. The Bertz CT molecular complexity index is 321. The van der Waals surface area contributed by atoms with Crippen molar-refractivity contribution in [2.24, 2.45) is 0 Å². The van der Waals surface area contributed by atoms with E-state index in [2.05, 4.69) is 0 Å². The van der Waals surface area contributed by atoms with Crippen molar-refractivity contribution < 1.29 is 5.11 Å². The highest BCUT2D eigenvalue weighted by Crippen LogP contribution is 2.20. The van der Waals surface area contributed by atoms with Crippen LogP contribution in [0.5, 0.6) is 0 Å². The van der Waals surface area contributed by atoms with Crippen LogP contribution in [0.2, 0.25) is 5.02 Å². The average molecular weight is 231 g/mol. The summed E-state index contributed by atoms with van der Waals surface area (Å²) >= 11 is 11.6. The summed E-state index contributed by atoms with van der Waals surface area (Å²) in [5.74, 6) is 0.417. The largest absolute Gasteiger partial charge is 0.396 e. The van der Waals surface area contributed by atoms with Crippen molar-refractivity contribution in [1.29, 1.82) is 0 Å². The van der Waals surface area contributed by atoms with Crippen LogP contribution in [-0.2, 0) is 5.88 Å². The van der Waals surface area contributed by atoms with Crippen LogP contribution in [0.15, 0.2) is 24.3 Å². The average Bonchev–Trinajstić information content (AvgIpc) is 2.21. The molecule has 0 amide bonds. The van der Waals surface area contributed by atoms with E-state index in [0.29, 0.717) is 17.3 Å². The van der Waals surface area contributed by atoms with Gasteiger partial charge in [0, 0.05) is 17.5 Å². The number of hydrogen-bond acceptors (Lipinski definition) is 1. The fraction of sp³-hybridized carbons (Fsp3) is 0.273. The Labute approximate surface area is 94.0 Å². The first kappa shape index (κ1) is 11.6. The normalized spacial score (nSPS) is 11.1. The lowest BCUT2D eigenvalue weighted by molar-refractivity contribution is 0.303. The van der Waals surface area contributed by atoms with Crippen molar-refractivity contribution >= 4 is 29.3 Å². The monoisotopic (exact) mass is 230 g/mol. The first-order valence-corrected chi connectivity index (χ1v) is 5.31. The highest BCUT2D eigenvalue weighted by atomic mass is 35.5. The summed E-state index contributed by atoms with van der Waals surface area (Å²) in [6.07, 6.45) is 4.53. The quantitative estimate of drug-likeness (QED) is 0.786. The SMILES string of the molecule is OCCC=Cc1ccc(Cl)c(CCl)c1. The zero-order valence-corrected chi connectivity index (χ0v) is 9.22. The molecule has 0 aliphatic rings. The molecule has 1 N–H and O–H groups in total. The Morgan fingerprint density at radius 1 is 1.36 bits per heavy atom. The van der Waals surface area contributed by atoms with Crippen LogP contribution in [0.1, 0.15) is 17.5 Å². The van der Waals surface area contributed by atoms with Crippen molar-refractivity contribution in [3.8, 4) is 0 Å². The molecule has 0 bridgehead atoms. The highest BCUT2D eigenvalue weighted by Gasteiger charge is 1.98. The second-order valence-electron chi connectivity index (χ2n) is 2.90. The van der Waals surface area contributed by atoms with E-state index in [0.717, 1.165) is 11.1 Å². The zero-order chi connectivity index (χ0) is 10.4. The molecular formula is C11H12Cl2O. The molecule has 1 aromatic carbocycles. The molecule has 1 rings (SSSR count). The molecule has 0 aliphatic heterocycles. The van der Waals surface area contributed by atoms with Crippen molar-refractivity contribution in [1.82, 2.24) is 0 Å². The standard InChI is InChI=1S/C11H12Cl2O/c12-8-10-7-9(3-1-2-6-14)4-5-11(10)13/h1,3-5,7,14H,2,6,8H2. The first-order valence-electron chi connectivity index (χ1n) is 4.39. The summed E-state index contributed by atoms with van der Waals surface area (Å²) in [7, 11) is 0. The van der Waals surface area contributed by atoms with E-state index < -0.39 is 0 Å². The van der Waals surface area contributed by atoms with Crippen molar-refractivity contribution in [2.75, 3.05) is 6.61 Å². The maximum atomic E-state index is 8.60. The zero-order valence-electron chi connectivity index (χ0n) is 7.71. The van der Waals surface area contributed by atoms with Crippen molar-refractivity contribution in [3.05, 3.63) is 40.4 Å². The smallest absolute Gasteiger partial charge is 0.0489 e. The third-order valence-electron chi connectivity index (χ3n) is 1.82. The minimum absolute atomic E-state index is 0.173. The second kappa shape index (κ2) is 6.07. The lowest BCUT2D eigenvalue weighted by Crippen LogP contribution is -1.82. The maximum absolute atomic E-state index is 8.60. The highest BCUT2D eigenvalue weighted by molar-refractivity contribution is 6.32. The van der Waals surface area contributed by atoms with Gasteiger partial charge < -0.3 is 5.11 Å². The molecule has 0 fully saturated rings. The van der Waals surface area contributed by atoms with Crippen LogP contribution >= 0.6 is 23.2 Å². The van der Waals surface area contributed by atoms with Gasteiger partial charge in [-0.2, -0.15) is 0 Å².